The molecule has 14 rings (SSSR count). The topological polar surface area (TPSA) is 222 Å². The average molecular weight is 1480 g/mol. The molecular formula is C90H118O14Si2. The van der Waals surface area contributed by atoms with Crippen LogP contribution in [0, 0.1) is 56.2 Å². The van der Waals surface area contributed by atoms with E-state index in [9.17, 15) is 45.3 Å². The first kappa shape index (κ1) is 79.3. The minimum atomic E-state index is -3.23. The van der Waals surface area contributed by atoms with Gasteiger partial charge in [0.05, 0.1) is 61.0 Å². The molecule has 4 bridgehead atoms. The highest BCUT2D eigenvalue weighted by Crippen LogP contribution is 2.70. The van der Waals surface area contributed by atoms with Gasteiger partial charge in [-0.25, -0.2) is 9.59 Å². The fraction of sp³-hybridized carbons (Fsp3) is 0.533. The molecule has 6 aromatic rings. The number of aliphatic hydroxyl groups excluding tert-OH is 5. The minimum absolute atomic E-state index is 0.114. The summed E-state index contributed by atoms with van der Waals surface area (Å²) in [6.07, 6.45) is -8.31. The van der Waals surface area contributed by atoms with Crippen LogP contribution in [0.15, 0.2) is 204 Å². The van der Waals surface area contributed by atoms with Crippen molar-refractivity contribution in [3.05, 3.63) is 215 Å². The Bertz CT molecular complexity index is 4100. The summed E-state index contributed by atoms with van der Waals surface area (Å²) >= 11 is 0. The smallest absolute Gasteiger partial charge is 0.338 e. The van der Waals surface area contributed by atoms with E-state index in [0.29, 0.717) is 66.2 Å². The molecule has 8 aliphatic rings. The third-order valence-electron chi connectivity index (χ3n) is 28.1. The number of carbonyl (C=O) groups excluding carboxylic acids is 2. The van der Waals surface area contributed by atoms with Crippen LogP contribution in [0.4, 0.5) is 0 Å². The summed E-state index contributed by atoms with van der Waals surface area (Å²) in [6.45, 7) is 37.9. The van der Waals surface area contributed by atoms with Crippen LogP contribution in [-0.2, 0) is 23.4 Å². The molecule has 0 aromatic heterocycles. The summed E-state index contributed by atoms with van der Waals surface area (Å²) in [6, 6.07) is 60.4. The quantitative estimate of drug-likeness (QED) is 0.0385. The second-order valence-electron chi connectivity index (χ2n) is 36.8. The largest absolute Gasteiger partial charge is 0.455 e. The fourth-order valence-electron chi connectivity index (χ4n) is 21.9. The molecular weight excluding hydrogens is 1360 g/mol. The minimum Gasteiger partial charge on any atom is -0.455 e. The standard InChI is InChI=1S/C45H58O7Si.C29H40O7.C16H20Si/c1-28-26-45(49)39(51-40(48)30-19-13-10-14-20-30)37-43(8)27-50-33(43)25-34(44(37,9)38(47)36(46)35(29(28)2)42(45,6)7)52-53(41(3,4)5,31-21-15-11-16-22-31)32-23-17-12-18-24-32;1-15-13-29(34)24(36-25(33)17-10-8-7-9-11-17)22-27(5)14-35-19(27)12-18(30)28(22,6)23(32)21(31)20(16(15)2)26(29,3)4;1-16(2,3)17(14-10-6-4-7-11-14)15-12-8-5-9-13-15/h10-24,28,33-34,36-39,46-47,49H,25-27H2,1-9H3;7-11,15,18-19,21-24,30-32,34H,12-14H2,1-6H3;4-13,17H,1-3H3/t28-,33+,34-,36+,37+,38-,39-,43+,44+,45+;15-,18-,19+,21+,22+,23-,24-,27+,28+,29+;/m00./s1. The summed E-state index contributed by atoms with van der Waals surface area (Å²) in [7, 11) is -4.37. The number of allylic oxidation sites excluding steroid dienone is 2. The lowest BCUT2D eigenvalue weighted by Crippen LogP contribution is -2.80. The maximum Gasteiger partial charge on any atom is 0.338 e. The van der Waals surface area contributed by atoms with Crippen LogP contribution in [-0.4, -0.2) is 150 Å². The Morgan fingerprint density at radius 3 is 1.15 bits per heavy atom. The number of ether oxygens (including phenoxy) is 4. The van der Waals surface area contributed by atoms with Gasteiger partial charge in [-0.2, -0.15) is 0 Å². The van der Waals surface area contributed by atoms with E-state index in [1.807, 2.05) is 93.5 Å². The van der Waals surface area contributed by atoms with E-state index in [-0.39, 0.29) is 29.1 Å². The Morgan fingerprint density at radius 1 is 0.481 bits per heavy atom. The molecule has 0 unspecified atom stereocenters. The van der Waals surface area contributed by atoms with Crippen molar-refractivity contribution in [3.8, 4) is 0 Å². The molecule has 0 radical (unpaired) electrons. The summed E-state index contributed by atoms with van der Waals surface area (Å²) in [4.78, 5) is 27.8. The predicted molar refractivity (Wildman–Crippen MR) is 421 cm³/mol. The van der Waals surface area contributed by atoms with Crippen molar-refractivity contribution in [2.45, 2.75) is 233 Å². The Hall–Kier alpha value is -6.23. The molecule has 4 saturated carbocycles. The highest BCUT2D eigenvalue weighted by atomic mass is 28.4. The van der Waals surface area contributed by atoms with Crippen molar-refractivity contribution in [3.63, 3.8) is 0 Å². The van der Waals surface area contributed by atoms with E-state index < -0.39 is 133 Å². The molecule has 2 aliphatic heterocycles. The molecule has 7 N–H and O–H groups in total. The summed E-state index contributed by atoms with van der Waals surface area (Å²) in [5.41, 5.74) is -5.20. The monoisotopic (exact) mass is 1480 g/mol. The van der Waals surface area contributed by atoms with Crippen LogP contribution in [0.25, 0.3) is 0 Å². The van der Waals surface area contributed by atoms with Crippen LogP contribution >= 0.6 is 0 Å². The number of rotatable bonds is 10. The average Bonchev–Trinajstić information content (AvgIpc) is 0.681. The molecule has 570 valence electrons. The Balaban J connectivity index is 0.000000170. The lowest BCUT2D eigenvalue weighted by Gasteiger charge is -2.70. The molecule has 106 heavy (non-hydrogen) atoms. The second kappa shape index (κ2) is 28.6. The van der Waals surface area contributed by atoms with E-state index in [2.05, 4.69) is 158 Å². The third-order valence-corrected chi connectivity index (χ3v) is 37.0. The van der Waals surface area contributed by atoms with E-state index in [4.69, 9.17) is 23.4 Å². The Morgan fingerprint density at radius 2 is 0.811 bits per heavy atom. The van der Waals surface area contributed by atoms with Gasteiger partial charge in [0.2, 0.25) is 0 Å². The van der Waals surface area contributed by atoms with Gasteiger partial charge < -0.3 is 59.1 Å². The van der Waals surface area contributed by atoms with Gasteiger partial charge in [-0.15, -0.1) is 0 Å². The first-order valence-electron chi connectivity index (χ1n) is 38.6. The van der Waals surface area contributed by atoms with Crippen LogP contribution < -0.4 is 20.7 Å². The number of fused-ring (bicyclic) bond motifs is 10. The zero-order chi connectivity index (χ0) is 77.1. The van der Waals surface area contributed by atoms with Gasteiger partial charge in [-0.3, -0.25) is 0 Å². The first-order valence-corrected chi connectivity index (χ1v) is 42.2. The molecule has 0 amide bonds. The number of aliphatic hydroxyl groups is 7. The van der Waals surface area contributed by atoms with E-state index in [1.165, 1.54) is 10.4 Å². The van der Waals surface area contributed by atoms with Crippen LogP contribution in [0.1, 0.15) is 171 Å². The summed E-state index contributed by atoms with van der Waals surface area (Å²) in [5, 5.41) is 92.2. The van der Waals surface area contributed by atoms with Gasteiger partial charge in [0, 0.05) is 50.7 Å². The molecule has 2 heterocycles. The molecule has 0 spiro atoms. The van der Waals surface area contributed by atoms with Crippen molar-refractivity contribution in [2.24, 2.45) is 56.2 Å². The van der Waals surface area contributed by atoms with E-state index in [1.54, 1.807) is 55.5 Å². The Labute approximate surface area is 632 Å². The van der Waals surface area contributed by atoms with Crippen molar-refractivity contribution in [1.82, 2.24) is 0 Å². The van der Waals surface area contributed by atoms with Crippen molar-refractivity contribution in [1.29, 1.82) is 0 Å². The van der Waals surface area contributed by atoms with Crippen molar-refractivity contribution in [2.75, 3.05) is 13.2 Å². The summed E-state index contributed by atoms with van der Waals surface area (Å²) < 4.78 is 33.3. The maximum absolute atomic E-state index is 14.3. The number of benzene rings is 6. The number of carbonyl (C=O) groups is 2. The van der Waals surface area contributed by atoms with Crippen molar-refractivity contribution < 1.29 is 68.7 Å². The highest BCUT2D eigenvalue weighted by Gasteiger charge is 2.77. The van der Waals surface area contributed by atoms with Gasteiger partial charge in [-0.1, -0.05) is 290 Å². The van der Waals surface area contributed by atoms with Gasteiger partial charge in [-0.05, 0) is 101 Å². The molecule has 6 aromatic carbocycles. The van der Waals surface area contributed by atoms with Gasteiger partial charge in [0.25, 0.3) is 8.32 Å². The Kier molecular flexibility index (Phi) is 21.4. The SMILES string of the molecule is CC(C)(C)[SiH](c1ccccc1)c1ccccc1.CC1=C2[C@@H](O)[C@H](O)[C@@]3(C)[C@H]([C@H](OC(=O)c4ccccc4)[C@](O)(C[C@@H]1C)C2(C)C)[C@]1(C)CO[C@@H]1C[C@@H]3O.CC1=C2[C@@H](O)[C@H](O)[C@]3(C)[C@@H](O[Si](c4ccccc4)(c4ccccc4)C(C)(C)C)C[C@H]4OC[C@@]4(C)[C@H]3[C@H](OC(=O)c3ccccc3)[C@](O)(C[C@@H]1C)C2(C)C. The zero-order valence-corrected chi connectivity index (χ0v) is 67.9. The fourth-order valence-corrected chi connectivity index (χ4v) is 30.2. The summed E-state index contributed by atoms with van der Waals surface area (Å²) in [5.74, 6) is -2.70. The zero-order valence-electron chi connectivity index (χ0n) is 65.7. The first-order chi connectivity index (χ1) is 49.6. The van der Waals surface area contributed by atoms with Gasteiger partial charge in [0.1, 0.15) is 44.4 Å². The van der Waals surface area contributed by atoms with Crippen LogP contribution in [0.5, 0.6) is 0 Å². The van der Waals surface area contributed by atoms with Gasteiger partial charge >= 0.3 is 11.9 Å². The number of hydrogen-bond donors (Lipinski definition) is 7. The molecule has 20 atom stereocenters. The maximum atomic E-state index is 14.3. The molecule has 2 saturated heterocycles. The van der Waals surface area contributed by atoms with Crippen molar-refractivity contribution >= 4 is 49.8 Å². The normalized spacial score (nSPS) is 36.4. The number of hydrogen-bond acceptors (Lipinski definition) is 14. The second-order valence-corrected chi connectivity index (χ2v) is 45.0. The molecule has 16 heteroatoms. The molecule has 6 aliphatic carbocycles. The highest BCUT2D eigenvalue weighted by molar-refractivity contribution is 6.99. The molecule has 14 nitrogen and oxygen atoms in total. The molecule has 6 fully saturated rings. The van der Waals surface area contributed by atoms with Gasteiger partial charge in [0.15, 0.2) is 0 Å². The lowest BCUT2D eigenvalue weighted by atomic mass is 9.42. The van der Waals surface area contributed by atoms with Crippen LogP contribution in [0.2, 0.25) is 10.1 Å². The van der Waals surface area contributed by atoms with Crippen LogP contribution in [0.3, 0.4) is 0 Å². The lowest BCUT2D eigenvalue weighted by molar-refractivity contribution is -0.337. The predicted octanol–water partition coefficient (Wildman–Crippen LogP) is 12.1. The van der Waals surface area contributed by atoms with E-state index >= 15 is 0 Å². The van der Waals surface area contributed by atoms with E-state index in [0.717, 1.165) is 21.5 Å². The third kappa shape index (κ3) is 12.6. The number of esters is 2.